The maximum atomic E-state index is 12.8. The number of aromatic nitrogens is 2. The third-order valence-electron chi connectivity index (χ3n) is 3.84. The summed E-state index contributed by atoms with van der Waals surface area (Å²) in [5, 5.41) is 10.0. The van der Waals surface area contributed by atoms with Gasteiger partial charge in [0, 0.05) is 19.1 Å². The highest BCUT2D eigenvalue weighted by molar-refractivity contribution is 7.89. The van der Waals surface area contributed by atoms with E-state index in [1.807, 2.05) is 27.7 Å². The van der Waals surface area contributed by atoms with Crippen molar-refractivity contribution in [2.45, 2.75) is 58.0 Å². The maximum Gasteiger partial charge on any atom is 0.247 e. The van der Waals surface area contributed by atoms with Gasteiger partial charge in [0.15, 0.2) is 0 Å². The van der Waals surface area contributed by atoms with Crippen molar-refractivity contribution in [1.82, 2.24) is 19.8 Å². The molecule has 0 saturated heterocycles. The number of aryl methyl sites for hydroxylation is 1. The summed E-state index contributed by atoms with van der Waals surface area (Å²) in [6.45, 7) is 10.7. The summed E-state index contributed by atoms with van der Waals surface area (Å²) in [5.74, 6) is 0. The molecule has 0 aliphatic carbocycles. The molecule has 0 aromatic carbocycles. The lowest BCUT2D eigenvalue weighted by atomic mass is 10.0. The fourth-order valence-electron chi connectivity index (χ4n) is 1.86. The Kier molecular flexibility index (Phi) is 5.34. The van der Waals surface area contributed by atoms with E-state index in [4.69, 9.17) is 0 Å². The molecule has 0 atom stereocenters. The fraction of sp³-hybridized carbons (Fsp3) is 0.769. The summed E-state index contributed by atoms with van der Waals surface area (Å²) in [5.41, 5.74) is 0.692. The van der Waals surface area contributed by atoms with E-state index in [2.05, 4.69) is 15.5 Å². The molecule has 0 radical (unpaired) electrons. The van der Waals surface area contributed by atoms with Crippen LogP contribution >= 0.6 is 0 Å². The Morgan fingerprint density at radius 1 is 1.35 bits per heavy atom. The molecule has 0 spiro atoms. The molecule has 1 aromatic rings. The first-order valence-corrected chi connectivity index (χ1v) is 8.36. The second kappa shape index (κ2) is 6.24. The molecule has 0 bridgehead atoms. The number of aromatic amines is 1. The first-order chi connectivity index (χ1) is 9.18. The molecule has 0 amide bonds. The SMILES string of the molecule is CCNCc1n[nH]c(C)c1S(=O)(=O)N(C)C(C)(C)CC. The Morgan fingerprint density at radius 3 is 2.45 bits per heavy atom. The highest BCUT2D eigenvalue weighted by atomic mass is 32.2. The monoisotopic (exact) mass is 302 g/mol. The number of rotatable bonds is 7. The molecular formula is C13H26N4O2S. The van der Waals surface area contributed by atoms with Crippen LogP contribution in [0.1, 0.15) is 45.5 Å². The van der Waals surface area contributed by atoms with Crippen LogP contribution in [0.4, 0.5) is 0 Å². The highest BCUT2D eigenvalue weighted by Gasteiger charge is 2.36. The van der Waals surface area contributed by atoms with E-state index in [0.717, 1.165) is 13.0 Å². The van der Waals surface area contributed by atoms with Crippen LogP contribution < -0.4 is 5.32 Å². The largest absolute Gasteiger partial charge is 0.311 e. The van der Waals surface area contributed by atoms with Gasteiger partial charge in [0.1, 0.15) is 4.90 Å². The summed E-state index contributed by atoms with van der Waals surface area (Å²) >= 11 is 0. The Balaban J connectivity index is 3.25. The maximum absolute atomic E-state index is 12.8. The van der Waals surface area contributed by atoms with Crippen LogP contribution in [0.25, 0.3) is 0 Å². The molecule has 1 heterocycles. The number of nitrogens with zero attached hydrogens (tertiary/aromatic N) is 2. The zero-order valence-electron chi connectivity index (χ0n) is 13.2. The van der Waals surface area contributed by atoms with E-state index in [1.165, 1.54) is 4.31 Å². The lowest BCUT2D eigenvalue weighted by Gasteiger charge is -2.33. The predicted octanol–water partition coefficient (Wildman–Crippen LogP) is 1.64. The minimum atomic E-state index is -3.56. The van der Waals surface area contributed by atoms with Crippen molar-refractivity contribution >= 4 is 10.0 Å². The highest BCUT2D eigenvalue weighted by Crippen LogP contribution is 2.28. The molecule has 0 fully saturated rings. The molecule has 116 valence electrons. The van der Waals surface area contributed by atoms with Crippen LogP contribution in [0, 0.1) is 6.92 Å². The molecule has 1 aromatic heterocycles. The van der Waals surface area contributed by atoms with E-state index in [1.54, 1.807) is 14.0 Å². The van der Waals surface area contributed by atoms with Gasteiger partial charge in [0.2, 0.25) is 10.0 Å². The van der Waals surface area contributed by atoms with Crippen LogP contribution in [-0.2, 0) is 16.6 Å². The number of nitrogens with one attached hydrogen (secondary N) is 2. The van der Waals surface area contributed by atoms with Crippen molar-refractivity contribution in [1.29, 1.82) is 0 Å². The number of hydrogen-bond acceptors (Lipinski definition) is 4. The van der Waals surface area contributed by atoms with Crippen LogP contribution in [0.3, 0.4) is 0 Å². The summed E-state index contributed by atoms with van der Waals surface area (Å²) in [7, 11) is -1.93. The van der Waals surface area contributed by atoms with Crippen molar-refractivity contribution in [2.75, 3.05) is 13.6 Å². The Bertz CT molecular complexity index is 549. The molecule has 6 nitrogen and oxygen atoms in total. The summed E-state index contributed by atoms with van der Waals surface area (Å²) in [4.78, 5) is 0.294. The smallest absolute Gasteiger partial charge is 0.247 e. The van der Waals surface area contributed by atoms with Crippen molar-refractivity contribution < 1.29 is 8.42 Å². The average molecular weight is 302 g/mol. The van der Waals surface area contributed by atoms with Gasteiger partial charge in [-0.25, -0.2) is 8.42 Å². The van der Waals surface area contributed by atoms with E-state index < -0.39 is 15.6 Å². The lowest BCUT2D eigenvalue weighted by Crippen LogP contribution is -2.44. The predicted molar refractivity (Wildman–Crippen MR) is 80.0 cm³/mol. The van der Waals surface area contributed by atoms with Gasteiger partial charge in [-0.2, -0.15) is 9.40 Å². The minimum Gasteiger partial charge on any atom is -0.311 e. The van der Waals surface area contributed by atoms with Gasteiger partial charge in [-0.3, -0.25) is 5.10 Å². The molecule has 0 aliphatic heterocycles. The van der Waals surface area contributed by atoms with Gasteiger partial charge < -0.3 is 5.32 Å². The number of H-pyrrole nitrogens is 1. The van der Waals surface area contributed by atoms with Gasteiger partial charge >= 0.3 is 0 Å². The summed E-state index contributed by atoms with van der Waals surface area (Å²) in [6.07, 6.45) is 0.738. The van der Waals surface area contributed by atoms with Crippen LogP contribution in [0.2, 0.25) is 0 Å². The Labute approximate surface area is 122 Å². The van der Waals surface area contributed by atoms with Crippen LogP contribution in [0.5, 0.6) is 0 Å². The second-order valence-electron chi connectivity index (χ2n) is 5.54. The molecular weight excluding hydrogens is 276 g/mol. The number of hydrogen-bond donors (Lipinski definition) is 2. The Morgan fingerprint density at radius 2 is 1.95 bits per heavy atom. The molecule has 0 unspecified atom stereocenters. The number of sulfonamides is 1. The summed E-state index contributed by atoms with van der Waals surface area (Å²) < 4.78 is 27.1. The molecule has 0 saturated carbocycles. The molecule has 2 N–H and O–H groups in total. The third-order valence-corrected chi connectivity index (χ3v) is 6.11. The molecule has 7 heteroatoms. The fourth-order valence-corrected chi connectivity index (χ4v) is 3.76. The van der Waals surface area contributed by atoms with E-state index in [-0.39, 0.29) is 0 Å². The van der Waals surface area contributed by atoms with Gasteiger partial charge in [-0.05, 0) is 33.7 Å². The van der Waals surface area contributed by atoms with Crippen LogP contribution in [-0.4, -0.2) is 42.1 Å². The molecule has 0 aliphatic rings. The second-order valence-corrected chi connectivity index (χ2v) is 7.45. The summed E-state index contributed by atoms with van der Waals surface area (Å²) in [6, 6.07) is 0. The van der Waals surface area contributed by atoms with E-state index in [0.29, 0.717) is 22.8 Å². The van der Waals surface area contributed by atoms with Crippen molar-refractivity contribution in [3.63, 3.8) is 0 Å². The van der Waals surface area contributed by atoms with Gasteiger partial charge in [0.25, 0.3) is 0 Å². The zero-order chi connectivity index (χ0) is 15.6. The molecule has 20 heavy (non-hydrogen) atoms. The zero-order valence-corrected chi connectivity index (χ0v) is 14.1. The lowest BCUT2D eigenvalue weighted by molar-refractivity contribution is 0.257. The van der Waals surface area contributed by atoms with E-state index >= 15 is 0 Å². The first kappa shape index (κ1) is 17.1. The van der Waals surface area contributed by atoms with Crippen molar-refractivity contribution in [3.05, 3.63) is 11.4 Å². The quantitative estimate of drug-likeness (QED) is 0.802. The van der Waals surface area contributed by atoms with Gasteiger partial charge in [-0.15, -0.1) is 0 Å². The first-order valence-electron chi connectivity index (χ1n) is 6.92. The average Bonchev–Trinajstić information content (AvgIpc) is 2.77. The van der Waals surface area contributed by atoms with Crippen molar-refractivity contribution in [2.24, 2.45) is 0 Å². The van der Waals surface area contributed by atoms with Crippen molar-refractivity contribution in [3.8, 4) is 0 Å². The minimum absolute atomic E-state index is 0.294. The van der Waals surface area contributed by atoms with Gasteiger partial charge in [0.05, 0.1) is 11.4 Å². The normalized spacial score (nSPS) is 13.2. The van der Waals surface area contributed by atoms with Crippen LogP contribution in [0.15, 0.2) is 4.90 Å². The molecule has 1 rings (SSSR count). The third kappa shape index (κ3) is 3.21. The van der Waals surface area contributed by atoms with Gasteiger partial charge in [-0.1, -0.05) is 13.8 Å². The standard InChI is InChI=1S/C13H26N4O2S/c1-7-13(4,5)17(6)20(18,19)12-10(3)15-16-11(12)9-14-8-2/h14H,7-9H2,1-6H3,(H,15,16). The topological polar surface area (TPSA) is 78.1 Å². The van der Waals surface area contributed by atoms with E-state index in [9.17, 15) is 8.42 Å². The Hall–Kier alpha value is -0.920.